The van der Waals surface area contributed by atoms with Crippen molar-refractivity contribution in [3.05, 3.63) is 0 Å². The Morgan fingerprint density at radius 2 is 1.93 bits per heavy atom. The molecule has 0 aromatic carbocycles. The highest BCUT2D eigenvalue weighted by atomic mass is 16.6. The molecule has 5 heteroatoms. The summed E-state index contributed by atoms with van der Waals surface area (Å²) < 4.78 is 5.03. The summed E-state index contributed by atoms with van der Waals surface area (Å²) in [6, 6.07) is 0. The van der Waals surface area contributed by atoms with Crippen molar-refractivity contribution >= 4 is 12.1 Å². The molecule has 0 bridgehead atoms. The van der Waals surface area contributed by atoms with E-state index in [2.05, 4.69) is 0 Å². The molecule has 15 heavy (non-hydrogen) atoms. The van der Waals surface area contributed by atoms with E-state index in [0.29, 0.717) is 6.61 Å². The first kappa shape index (κ1) is 11.8. The maximum Gasteiger partial charge on any atom is 0.409 e. The van der Waals surface area contributed by atoms with Gasteiger partial charge in [-0.2, -0.15) is 0 Å². The van der Waals surface area contributed by atoms with Crippen molar-refractivity contribution in [1.29, 1.82) is 0 Å². The van der Waals surface area contributed by atoms with E-state index >= 15 is 0 Å². The molecule has 1 rings (SSSR count). The lowest BCUT2D eigenvalue weighted by Gasteiger charge is -2.36. The number of likely N-dealkylation sites (tertiary alicyclic amines) is 1. The van der Waals surface area contributed by atoms with Crippen molar-refractivity contribution in [2.45, 2.75) is 20.8 Å². The molecule has 0 aromatic rings. The Morgan fingerprint density at radius 1 is 1.40 bits per heavy atom. The number of carboxylic acid groups (broad SMARTS) is 1. The van der Waals surface area contributed by atoms with Gasteiger partial charge in [0.05, 0.1) is 12.5 Å². The summed E-state index contributed by atoms with van der Waals surface area (Å²) in [5.41, 5.74) is -0.0628. The van der Waals surface area contributed by atoms with Crippen LogP contribution >= 0.6 is 0 Å². The lowest BCUT2D eigenvalue weighted by Crippen LogP contribution is -2.53. The van der Waals surface area contributed by atoms with Gasteiger partial charge in [-0.25, -0.2) is 4.79 Å². The van der Waals surface area contributed by atoms with Crippen molar-refractivity contribution in [3.8, 4) is 0 Å². The van der Waals surface area contributed by atoms with E-state index in [1.807, 2.05) is 20.8 Å². The Bertz CT molecular complexity index is 263. The minimum absolute atomic E-state index is 0.0628. The summed E-state index contributed by atoms with van der Waals surface area (Å²) in [7, 11) is 0. The lowest BCUT2D eigenvalue weighted by atomic mass is 9.99. The normalized spacial score (nSPS) is 17.1. The third kappa shape index (κ3) is 3.42. The van der Waals surface area contributed by atoms with Crippen LogP contribution in [-0.4, -0.2) is 41.8 Å². The second-order valence-electron chi connectivity index (χ2n) is 5.06. The highest BCUT2D eigenvalue weighted by Crippen LogP contribution is 2.19. The van der Waals surface area contributed by atoms with Crippen LogP contribution in [-0.2, 0) is 9.53 Å². The smallest absolute Gasteiger partial charge is 0.409 e. The van der Waals surface area contributed by atoms with Crippen molar-refractivity contribution in [3.63, 3.8) is 0 Å². The molecule has 86 valence electrons. The standard InChI is InChI=1S/C10H17NO4/c1-10(2,3)6-15-9(14)11-4-7(5-11)8(12)13/h7H,4-6H2,1-3H3,(H,12,13). The molecule has 1 aliphatic heterocycles. The zero-order valence-electron chi connectivity index (χ0n) is 9.32. The van der Waals surface area contributed by atoms with E-state index < -0.39 is 18.0 Å². The minimum Gasteiger partial charge on any atom is -0.481 e. The molecule has 1 amide bonds. The zero-order chi connectivity index (χ0) is 11.6. The van der Waals surface area contributed by atoms with Crippen LogP contribution in [0.3, 0.4) is 0 Å². The van der Waals surface area contributed by atoms with Crippen LogP contribution in [0.4, 0.5) is 4.79 Å². The molecule has 0 aromatic heterocycles. The molecule has 0 saturated carbocycles. The summed E-state index contributed by atoms with van der Waals surface area (Å²) in [4.78, 5) is 23.2. The summed E-state index contributed by atoms with van der Waals surface area (Å²) in [6.45, 7) is 6.78. The predicted octanol–water partition coefficient (Wildman–Crippen LogP) is 1.19. The number of hydrogen-bond donors (Lipinski definition) is 1. The number of carbonyl (C=O) groups is 2. The molecule has 1 heterocycles. The number of hydrogen-bond acceptors (Lipinski definition) is 3. The molecule has 0 unspecified atom stereocenters. The second-order valence-corrected chi connectivity index (χ2v) is 5.06. The highest BCUT2D eigenvalue weighted by Gasteiger charge is 2.36. The maximum absolute atomic E-state index is 11.4. The van der Waals surface area contributed by atoms with Gasteiger partial charge in [0.25, 0.3) is 0 Å². The summed E-state index contributed by atoms with van der Waals surface area (Å²) in [5.74, 6) is -1.28. The van der Waals surface area contributed by atoms with Crippen LogP contribution in [0.1, 0.15) is 20.8 Å². The van der Waals surface area contributed by atoms with Crippen LogP contribution in [0.5, 0.6) is 0 Å². The molecular weight excluding hydrogens is 198 g/mol. The van der Waals surface area contributed by atoms with Gasteiger partial charge in [0.15, 0.2) is 0 Å². The number of ether oxygens (including phenoxy) is 1. The Hall–Kier alpha value is -1.26. The molecule has 0 aliphatic carbocycles. The average molecular weight is 215 g/mol. The lowest BCUT2D eigenvalue weighted by molar-refractivity contribution is -0.146. The monoisotopic (exact) mass is 215 g/mol. The van der Waals surface area contributed by atoms with Crippen LogP contribution in [0.2, 0.25) is 0 Å². The van der Waals surface area contributed by atoms with Crippen LogP contribution in [0.15, 0.2) is 0 Å². The molecule has 1 N–H and O–H groups in total. The fourth-order valence-corrected chi connectivity index (χ4v) is 1.15. The number of carboxylic acids is 1. The Labute approximate surface area is 89.0 Å². The maximum atomic E-state index is 11.4. The first-order valence-corrected chi connectivity index (χ1v) is 4.94. The Kier molecular flexibility index (Phi) is 3.21. The summed E-state index contributed by atoms with van der Waals surface area (Å²) >= 11 is 0. The van der Waals surface area contributed by atoms with Crippen LogP contribution in [0, 0.1) is 11.3 Å². The van der Waals surface area contributed by atoms with Gasteiger partial charge in [0.2, 0.25) is 0 Å². The van der Waals surface area contributed by atoms with Gasteiger partial charge in [0, 0.05) is 13.1 Å². The largest absolute Gasteiger partial charge is 0.481 e. The molecule has 0 radical (unpaired) electrons. The molecule has 1 saturated heterocycles. The van der Waals surface area contributed by atoms with Gasteiger partial charge < -0.3 is 14.7 Å². The van der Waals surface area contributed by atoms with Gasteiger partial charge in [-0.3, -0.25) is 4.79 Å². The number of nitrogens with zero attached hydrogens (tertiary/aromatic N) is 1. The van der Waals surface area contributed by atoms with Gasteiger partial charge >= 0.3 is 12.1 Å². The second kappa shape index (κ2) is 4.08. The van der Waals surface area contributed by atoms with Crippen molar-refractivity contribution in [2.24, 2.45) is 11.3 Å². The summed E-state index contributed by atoms with van der Waals surface area (Å²) in [5, 5.41) is 8.61. The van der Waals surface area contributed by atoms with E-state index in [0.717, 1.165) is 0 Å². The third-order valence-electron chi connectivity index (χ3n) is 2.12. The van der Waals surface area contributed by atoms with Gasteiger partial charge in [-0.05, 0) is 5.41 Å². The van der Waals surface area contributed by atoms with E-state index in [1.54, 1.807) is 0 Å². The van der Waals surface area contributed by atoms with Gasteiger partial charge in [0.1, 0.15) is 0 Å². The SMILES string of the molecule is CC(C)(C)COC(=O)N1CC(C(=O)O)C1. The van der Waals surface area contributed by atoms with Crippen molar-refractivity contribution in [1.82, 2.24) is 4.90 Å². The number of carbonyl (C=O) groups excluding carboxylic acids is 1. The molecule has 1 fully saturated rings. The van der Waals surface area contributed by atoms with E-state index in [1.165, 1.54) is 4.90 Å². The summed E-state index contributed by atoms with van der Waals surface area (Å²) in [6.07, 6.45) is -0.414. The first-order valence-electron chi connectivity index (χ1n) is 4.94. The molecule has 0 atom stereocenters. The van der Waals surface area contributed by atoms with Crippen molar-refractivity contribution < 1.29 is 19.4 Å². The molecule has 0 spiro atoms. The molecular formula is C10H17NO4. The zero-order valence-corrected chi connectivity index (χ0v) is 9.32. The number of rotatable bonds is 2. The van der Waals surface area contributed by atoms with E-state index in [9.17, 15) is 9.59 Å². The topological polar surface area (TPSA) is 66.8 Å². The molecule has 5 nitrogen and oxygen atoms in total. The molecule has 1 aliphatic rings. The fourth-order valence-electron chi connectivity index (χ4n) is 1.15. The Balaban J connectivity index is 2.24. The predicted molar refractivity (Wildman–Crippen MR) is 53.5 cm³/mol. The third-order valence-corrected chi connectivity index (χ3v) is 2.12. The van der Waals surface area contributed by atoms with E-state index in [4.69, 9.17) is 9.84 Å². The van der Waals surface area contributed by atoms with Crippen molar-refractivity contribution in [2.75, 3.05) is 19.7 Å². The van der Waals surface area contributed by atoms with Gasteiger partial charge in [-0.1, -0.05) is 20.8 Å². The number of aliphatic carboxylic acids is 1. The van der Waals surface area contributed by atoms with Crippen LogP contribution in [0.25, 0.3) is 0 Å². The quantitative estimate of drug-likeness (QED) is 0.751. The van der Waals surface area contributed by atoms with Crippen LogP contribution < -0.4 is 0 Å². The fraction of sp³-hybridized carbons (Fsp3) is 0.800. The number of amides is 1. The average Bonchev–Trinajstić information content (AvgIpc) is 1.95. The van der Waals surface area contributed by atoms with Gasteiger partial charge in [-0.15, -0.1) is 0 Å². The van der Waals surface area contributed by atoms with E-state index in [-0.39, 0.29) is 18.5 Å². The Morgan fingerprint density at radius 3 is 2.33 bits per heavy atom. The highest BCUT2D eigenvalue weighted by molar-refractivity contribution is 5.76. The minimum atomic E-state index is -0.852. The first-order chi connectivity index (χ1) is 6.79.